The van der Waals surface area contributed by atoms with Gasteiger partial charge in [0.2, 0.25) is 0 Å². The van der Waals surface area contributed by atoms with Gasteiger partial charge >= 0.3 is 276 Å². The summed E-state index contributed by atoms with van der Waals surface area (Å²) in [6.45, 7) is 23.2. The summed E-state index contributed by atoms with van der Waals surface area (Å²) in [6.07, 6.45) is 5.08. The van der Waals surface area contributed by atoms with Gasteiger partial charge in [0.25, 0.3) is 0 Å². The molecule has 0 saturated carbocycles. The van der Waals surface area contributed by atoms with E-state index in [-0.39, 0.29) is 35.6 Å². The van der Waals surface area contributed by atoms with Gasteiger partial charge < -0.3 is 24.8 Å². The number of halogens is 2. The zero-order chi connectivity index (χ0) is 31.6. The number of fused-ring (bicyclic) bond motifs is 3. The Kier molecular flexibility index (Phi) is 10.9. The van der Waals surface area contributed by atoms with Crippen molar-refractivity contribution >= 4 is 3.21 Å². The van der Waals surface area contributed by atoms with Crippen LogP contribution >= 0.6 is 0 Å². The maximum Gasteiger partial charge on any atom is -1.00 e. The van der Waals surface area contributed by atoms with Crippen LogP contribution in [0.4, 0.5) is 0 Å². The van der Waals surface area contributed by atoms with Gasteiger partial charge in [0.05, 0.1) is 0 Å². The van der Waals surface area contributed by atoms with Crippen LogP contribution < -0.4 is 24.8 Å². The zero-order valence-electron chi connectivity index (χ0n) is 29.1. The van der Waals surface area contributed by atoms with Crippen molar-refractivity contribution < 1.29 is 46.1 Å². The fourth-order valence-corrected chi connectivity index (χ4v) is 16.8. The van der Waals surface area contributed by atoms with Crippen molar-refractivity contribution in [2.24, 2.45) is 5.92 Å². The van der Waals surface area contributed by atoms with Crippen LogP contribution in [0.2, 0.25) is 0 Å². The molecule has 238 valence electrons. The summed E-state index contributed by atoms with van der Waals surface area (Å²) in [6, 6.07) is 33.8. The van der Waals surface area contributed by atoms with Gasteiger partial charge in [0.1, 0.15) is 0 Å². The Labute approximate surface area is 298 Å². The van der Waals surface area contributed by atoms with E-state index in [1.807, 2.05) is 0 Å². The quantitative estimate of drug-likeness (QED) is 0.267. The van der Waals surface area contributed by atoms with Gasteiger partial charge in [0, 0.05) is 0 Å². The minimum absolute atomic E-state index is 0. The molecule has 0 nitrogen and oxygen atoms in total. The molecule has 0 fully saturated rings. The van der Waals surface area contributed by atoms with Crippen molar-refractivity contribution in [2.45, 2.75) is 83.7 Å². The first-order valence-corrected chi connectivity index (χ1v) is 20.2. The van der Waals surface area contributed by atoms with Gasteiger partial charge in [-0.15, -0.1) is 0 Å². The molecule has 4 aromatic rings. The third-order valence-corrected chi connectivity index (χ3v) is 18.4. The van der Waals surface area contributed by atoms with Crippen LogP contribution in [0.25, 0.3) is 11.1 Å². The van der Waals surface area contributed by atoms with E-state index >= 15 is 0 Å². The van der Waals surface area contributed by atoms with Crippen LogP contribution in [-0.4, -0.2) is 3.21 Å². The second kappa shape index (κ2) is 13.7. The number of aryl methyl sites for hydroxylation is 2. The molecule has 1 unspecified atom stereocenters. The van der Waals surface area contributed by atoms with Gasteiger partial charge in [-0.25, -0.2) is 0 Å². The van der Waals surface area contributed by atoms with Crippen molar-refractivity contribution in [2.75, 3.05) is 0 Å². The molecule has 0 N–H and O–H groups in total. The maximum absolute atomic E-state index is 2.77. The van der Waals surface area contributed by atoms with Crippen LogP contribution in [0, 0.1) is 19.8 Å². The summed E-state index contributed by atoms with van der Waals surface area (Å²) < 4.78 is 3.75. The first-order valence-electron chi connectivity index (χ1n) is 16.3. The first kappa shape index (κ1) is 36.5. The average molecular weight is 727 g/mol. The number of rotatable bonds is 4. The van der Waals surface area contributed by atoms with Gasteiger partial charge in [-0.3, -0.25) is 0 Å². The van der Waals surface area contributed by atoms with E-state index in [0.717, 1.165) is 0 Å². The molecule has 3 heteroatoms. The largest absolute Gasteiger partial charge is 1.00 e. The Hall–Kier alpha value is -2.31. The Balaban J connectivity index is 0.00000240. The molecule has 0 amide bonds. The van der Waals surface area contributed by atoms with Crippen molar-refractivity contribution in [3.05, 3.63) is 150 Å². The van der Waals surface area contributed by atoms with Crippen molar-refractivity contribution in [3.63, 3.8) is 0 Å². The number of benzene rings is 4. The van der Waals surface area contributed by atoms with E-state index in [1.165, 1.54) is 50.1 Å². The van der Waals surface area contributed by atoms with Crippen molar-refractivity contribution in [1.82, 2.24) is 0 Å². The van der Waals surface area contributed by atoms with E-state index < -0.39 is 21.3 Å². The molecule has 1 atom stereocenters. The zero-order valence-corrected chi connectivity index (χ0v) is 33.1. The molecule has 0 aromatic heterocycles. The molecule has 46 heavy (non-hydrogen) atoms. The third kappa shape index (κ3) is 6.95. The second-order valence-electron chi connectivity index (χ2n) is 15.4. The number of hydrogen-bond donors (Lipinski definition) is 0. The molecule has 2 aliphatic rings. The second-order valence-corrected chi connectivity index (χ2v) is 21.5. The van der Waals surface area contributed by atoms with Crippen LogP contribution in [-0.2, 0) is 32.1 Å². The molecule has 0 saturated heterocycles. The van der Waals surface area contributed by atoms with Gasteiger partial charge in [-0.05, 0) is 0 Å². The van der Waals surface area contributed by atoms with Gasteiger partial charge in [-0.1, -0.05) is 0 Å². The minimum Gasteiger partial charge on any atom is -1.00 e. The molecule has 2 aliphatic carbocycles. The molecule has 0 aliphatic heterocycles. The van der Waals surface area contributed by atoms with Crippen molar-refractivity contribution in [1.29, 1.82) is 0 Å². The van der Waals surface area contributed by atoms with Crippen LogP contribution in [0.15, 0.2) is 106 Å². The normalized spacial score (nSPS) is 15.5. The molecular weight excluding hydrogens is 679 g/mol. The van der Waals surface area contributed by atoms with E-state index in [4.69, 9.17) is 0 Å². The summed E-state index contributed by atoms with van der Waals surface area (Å²) in [4.78, 5) is 0. The standard InChI is InChI=1S/C21H25.C15H14.C7H9.2ClH.Zr/c1-20(2,3)16-9-7-14-11-15-8-10-17(21(4,5)6)13-19(15)18(14)12-16;1-12-3-7-14(8-4-12)11-15-9-5-13(2)6-10-15;1-6-3-4-7(2)5-6;;;/h7-13H,1-6H3;3-10H,1-2H3;3,5,7H,1-2H3;2*1H;/q;;;;;+2/p-2. The fourth-order valence-electron chi connectivity index (χ4n) is 7.10. The Morgan fingerprint density at radius 2 is 1.00 bits per heavy atom. The first-order chi connectivity index (χ1) is 20.7. The van der Waals surface area contributed by atoms with Gasteiger partial charge in [0.15, 0.2) is 0 Å². The topological polar surface area (TPSA) is 0 Å². The smallest absolute Gasteiger partial charge is 1.00 e. The Morgan fingerprint density at radius 1 is 0.587 bits per heavy atom. The average Bonchev–Trinajstić information content (AvgIpc) is 3.47. The van der Waals surface area contributed by atoms with E-state index in [1.54, 1.807) is 17.6 Å². The summed E-state index contributed by atoms with van der Waals surface area (Å²) in [5, 5.41) is 0. The maximum atomic E-state index is 2.58. The van der Waals surface area contributed by atoms with Crippen molar-refractivity contribution in [3.8, 4) is 11.1 Å². The molecule has 0 spiro atoms. The summed E-state index contributed by atoms with van der Waals surface area (Å²) in [7, 11) is 0. The van der Waals surface area contributed by atoms with Crippen LogP contribution in [0.1, 0.15) is 104 Å². The molecular formula is C43H48Cl2Zr. The summed E-state index contributed by atoms with van der Waals surface area (Å²) in [5.41, 5.74) is 15.9. The fraction of sp³-hybridized carbons (Fsp3) is 0.326. The molecule has 0 radical (unpaired) electrons. The Morgan fingerprint density at radius 3 is 1.35 bits per heavy atom. The van der Waals surface area contributed by atoms with E-state index in [9.17, 15) is 0 Å². The third-order valence-electron chi connectivity index (χ3n) is 9.69. The van der Waals surface area contributed by atoms with E-state index in [2.05, 4.69) is 166 Å². The Bertz CT molecular complexity index is 1730. The van der Waals surface area contributed by atoms with Crippen LogP contribution in [0.3, 0.4) is 0 Å². The minimum atomic E-state index is -2.77. The van der Waals surface area contributed by atoms with E-state index in [0.29, 0.717) is 9.54 Å². The SMILES string of the molecule is CC1=CC(C)[C]([Zr+2](=[C](c2ccc(C)cc2)c2ccc(C)cc2)[CH]2c3ccc(C(C)(C)C)cc3-c3cc(C(C)(C)C)ccc32)=C1.[Cl-].[Cl-]. The van der Waals surface area contributed by atoms with Gasteiger partial charge in [-0.2, -0.15) is 0 Å². The predicted molar refractivity (Wildman–Crippen MR) is 188 cm³/mol. The summed E-state index contributed by atoms with van der Waals surface area (Å²) in [5.74, 6) is 0.463. The van der Waals surface area contributed by atoms with Crippen LogP contribution in [0.5, 0.6) is 0 Å². The summed E-state index contributed by atoms with van der Waals surface area (Å²) >= 11 is -2.77. The predicted octanol–water partition coefficient (Wildman–Crippen LogP) is 5.34. The molecule has 4 aromatic carbocycles. The molecule has 6 rings (SSSR count). The number of allylic oxidation sites excluding steroid dienone is 4. The monoisotopic (exact) mass is 724 g/mol. The molecule has 0 bridgehead atoms. The number of hydrogen-bond acceptors (Lipinski definition) is 0. The molecule has 0 heterocycles.